The van der Waals surface area contributed by atoms with Gasteiger partial charge in [0.1, 0.15) is 72.5 Å². The molecule has 1 saturated heterocycles. The molecule has 4 heterocycles. The number of H-pyrrole nitrogens is 1. The minimum Gasteiger partial charge on any atom is -0.481 e. The number of carboxylic acids is 2. The smallest absolute Gasteiger partial charge is 0.326 e. The summed E-state index contributed by atoms with van der Waals surface area (Å²) in [5.41, 5.74) is 28.3. The Kier molecular flexibility index (Phi) is 37.2. The highest BCUT2D eigenvalue weighted by molar-refractivity contribution is 7.80. The summed E-state index contributed by atoms with van der Waals surface area (Å²) in [6.07, 6.45) is -3.63. The van der Waals surface area contributed by atoms with Crippen LogP contribution in [0.25, 0.3) is 10.9 Å². The fraction of sp³-hybridized carbons (Fsp3) is 0.576. The van der Waals surface area contributed by atoms with Crippen LogP contribution in [0.1, 0.15) is 102 Å². The van der Waals surface area contributed by atoms with Gasteiger partial charge in [-0.1, -0.05) is 23.4 Å². The molecule has 13 atom stereocenters. The van der Waals surface area contributed by atoms with Gasteiger partial charge in [-0.25, -0.2) is 9.59 Å². The number of guanidine groups is 2. The Balaban J connectivity index is 1.69. The molecule has 2 unspecified atom stereocenters. The van der Waals surface area contributed by atoms with E-state index in [9.17, 15) is 87.2 Å². The number of urea groups is 1. The second-order valence-electron chi connectivity index (χ2n) is 26.8. The van der Waals surface area contributed by atoms with Gasteiger partial charge in [0.2, 0.25) is 76.8 Å². The van der Waals surface area contributed by atoms with E-state index in [1.165, 1.54) is 17.1 Å². The Morgan fingerprint density at radius 1 is 0.690 bits per heavy atom. The number of aliphatic hydroxyl groups is 1. The number of amides is 15. The zero-order valence-corrected chi connectivity index (χ0v) is 63.9. The molecular formula is C66H102N26O19S2. The number of benzene rings is 1. The van der Waals surface area contributed by atoms with Crippen molar-refractivity contribution in [1.29, 1.82) is 10.8 Å². The summed E-state index contributed by atoms with van der Waals surface area (Å²) in [6.45, 7) is -0.158. The first-order valence-corrected chi connectivity index (χ1v) is 37.4. The van der Waals surface area contributed by atoms with Gasteiger partial charge in [0, 0.05) is 93.8 Å². The van der Waals surface area contributed by atoms with Crippen LogP contribution >= 0.6 is 25.3 Å². The molecule has 0 aliphatic carbocycles. The molecule has 622 valence electrons. The number of aryl methyl sites for hydroxylation is 1. The number of aromatic nitrogens is 4. The van der Waals surface area contributed by atoms with Gasteiger partial charge < -0.3 is 128 Å². The van der Waals surface area contributed by atoms with E-state index in [0.717, 1.165) is 23.8 Å². The number of carboxylic acid groups (broad SMARTS) is 2. The third-order valence-electron chi connectivity index (χ3n) is 18.2. The van der Waals surface area contributed by atoms with E-state index < -0.39 is 223 Å². The molecule has 2 aliphatic heterocycles. The van der Waals surface area contributed by atoms with Crippen LogP contribution in [0, 0.1) is 10.8 Å². The Morgan fingerprint density at radius 3 is 1.85 bits per heavy atom. The molecular weight excluding hydrogens is 1530 g/mol. The predicted octanol–water partition coefficient (Wildman–Crippen LogP) is -9.00. The van der Waals surface area contributed by atoms with Crippen molar-refractivity contribution in [3.05, 3.63) is 47.9 Å². The Bertz CT molecular complexity index is 3920. The molecule has 29 N–H and O–H groups in total. The van der Waals surface area contributed by atoms with Crippen LogP contribution in [0.2, 0.25) is 0 Å². The van der Waals surface area contributed by atoms with Crippen LogP contribution in [0.15, 0.2) is 36.7 Å². The number of aliphatic carboxylic acids is 2. The first-order valence-electron chi connectivity index (χ1n) is 36.1. The van der Waals surface area contributed by atoms with Crippen molar-refractivity contribution >= 4 is 143 Å². The van der Waals surface area contributed by atoms with Crippen LogP contribution < -0.4 is 97.8 Å². The summed E-state index contributed by atoms with van der Waals surface area (Å²) >= 11 is 8.49. The lowest BCUT2D eigenvalue weighted by Crippen LogP contribution is -2.62. The highest BCUT2D eigenvalue weighted by Crippen LogP contribution is 2.23. The number of rotatable bonds is 29. The molecule has 113 heavy (non-hydrogen) atoms. The number of carbonyl (C=O) groups is 16. The minimum absolute atomic E-state index is 0.00331. The molecule has 0 spiro atoms. The third-order valence-corrected chi connectivity index (χ3v) is 18.9. The van der Waals surface area contributed by atoms with Gasteiger partial charge in [-0.15, -0.1) is 5.10 Å². The zero-order valence-electron chi connectivity index (χ0n) is 62.1. The van der Waals surface area contributed by atoms with Gasteiger partial charge in [0.05, 0.1) is 24.8 Å². The quantitative estimate of drug-likeness (QED) is 0.0133. The average Bonchev–Trinajstić information content (AvgIpc) is 1.73. The van der Waals surface area contributed by atoms with E-state index >= 15 is 4.79 Å². The van der Waals surface area contributed by atoms with Crippen molar-refractivity contribution in [2.24, 2.45) is 28.7 Å². The number of nitrogens with zero attached hydrogens (tertiary/aromatic N) is 5. The van der Waals surface area contributed by atoms with Gasteiger partial charge in [-0.2, -0.15) is 25.3 Å². The van der Waals surface area contributed by atoms with E-state index in [4.69, 9.17) is 39.5 Å². The molecule has 0 saturated carbocycles. The molecule has 3 aromatic rings. The number of fused-ring (bicyclic) bond motifs is 4. The van der Waals surface area contributed by atoms with Gasteiger partial charge >= 0.3 is 18.0 Å². The SMILES string of the molecule is C[C@@H](O)[C@@H]1NC(=O)[C@@H](NC(=O)C(CS)NC(=O)CN)Cc2cn(nn2)CCC[C@@H](C(=O)N(C)[C@H](CCCNC(=N)N)C(=O)O)NC(=O)[C@H](CCC(N)=O)NC(=O)[C@H](Cc2c[nH]c3ccccc23)NC(=O)[C@H](CCCNC(N)=O)NC(=O)[C@H](CS)NC(=O)[C@H](CCCNC(=N)N)NC(=O)C2CCCN2C(=O)[C@H](CC(=O)O)NC1=O. The second-order valence-corrected chi connectivity index (χ2v) is 27.5. The molecule has 1 aromatic carbocycles. The molecule has 15 amide bonds. The summed E-state index contributed by atoms with van der Waals surface area (Å²) in [6, 6.07) is -14.6. The molecule has 5 rings (SSSR count). The summed E-state index contributed by atoms with van der Waals surface area (Å²) in [5.74, 6) is -18.9. The summed E-state index contributed by atoms with van der Waals surface area (Å²) in [7, 11) is 1.15. The first-order chi connectivity index (χ1) is 53.5. The largest absolute Gasteiger partial charge is 0.481 e. The molecule has 47 heteroatoms. The van der Waals surface area contributed by atoms with E-state index in [1.807, 2.05) is 0 Å². The van der Waals surface area contributed by atoms with Crippen LogP contribution in [0.3, 0.4) is 0 Å². The van der Waals surface area contributed by atoms with Crippen molar-refractivity contribution in [3.63, 3.8) is 0 Å². The lowest BCUT2D eigenvalue weighted by Gasteiger charge is -2.31. The molecule has 45 nitrogen and oxygen atoms in total. The van der Waals surface area contributed by atoms with Gasteiger partial charge in [0.15, 0.2) is 11.9 Å². The summed E-state index contributed by atoms with van der Waals surface area (Å²) < 4.78 is 1.20. The number of para-hydroxylation sites is 1. The fourth-order valence-corrected chi connectivity index (χ4v) is 12.8. The van der Waals surface area contributed by atoms with Gasteiger partial charge in [-0.05, 0) is 89.2 Å². The van der Waals surface area contributed by atoms with Gasteiger partial charge in [0.25, 0.3) is 0 Å². The lowest BCUT2D eigenvalue weighted by atomic mass is 10.0. The maximum atomic E-state index is 15.2. The van der Waals surface area contributed by atoms with Crippen molar-refractivity contribution in [2.75, 3.05) is 51.3 Å². The maximum absolute atomic E-state index is 15.2. The van der Waals surface area contributed by atoms with E-state index in [-0.39, 0.29) is 115 Å². The van der Waals surface area contributed by atoms with Crippen LogP contribution in [-0.2, 0) is 91.3 Å². The van der Waals surface area contributed by atoms with Crippen LogP contribution in [0.5, 0.6) is 0 Å². The normalized spacial score (nSPS) is 22.5. The maximum Gasteiger partial charge on any atom is 0.326 e. The van der Waals surface area contributed by atoms with Crippen LogP contribution in [0.4, 0.5) is 4.79 Å². The third kappa shape index (κ3) is 29.5. The Hall–Kier alpha value is -11.6. The number of aromatic amines is 1. The number of carbonyl (C=O) groups excluding carboxylic acids is 14. The minimum atomic E-state index is -2.06. The molecule has 2 aromatic heterocycles. The molecule has 0 radical (unpaired) electrons. The fourth-order valence-electron chi connectivity index (χ4n) is 12.3. The lowest BCUT2D eigenvalue weighted by molar-refractivity contribution is -0.150. The van der Waals surface area contributed by atoms with Crippen molar-refractivity contribution in [3.8, 4) is 0 Å². The van der Waals surface area contributed by atoms with E-state index in [0.29, 0.717) is 16.5 Å². The number of hydrogen-bond acceptors (Lipinski definition) is 24. The van der Waals surface area contributed by atoms with Crippen molar-refractivity contribution < 1.29 is 92.0 Å². The molecule has 1 fully saturated rings. The number of primary amides is 2. The number of likely N-dealkylation sites (N-methyl/N-ethyl adjacent to an activating group) is 1. The number of hydrogen-bond donors (Lipinski definition) is 26. The van der Waals surface area contributed by atoms with E-state index in [2.05, 4.69) is 110 Å². The topological polar surface area (TPSA) is 721 Å². The molecule has 2 bridgehead atoms. The van der Waals surface area contributed by atoms with Gasteiger partial charge in [-0.3, -0.25) is 82.6 Å². The Labute approximate surface area is 658 Å². The predicted molar refractivity (Wildman–Crippen MR) is 407 cm³/mol. The number of nitrogens with one attached hydrogen (secondary N) is 16. The van der Waals surface area contributed by atoms with Crippen molar-refractivity contribution in [2.45, 2.75) is 188 Å². The standard InChI is InChI=1S/C66H102N26O19S2/c1-32(93)51-60(106)85-43(26-50(96)97)62(108)92-23-9-16-46(92)59(105)81-38(12-5-19-74-64(69)70)53(99)86-45(31-113)58(104)79-37(13-6-21-76-66(73)111)52(98)83-41(24-33-28-77-36-11-4-3-10-35(33)36)55(101)80-39(17-18-48(68)94)54(100)82-40(61(107)90(2)47(63(109)110)15-7-20-75-65(71)72)14-8-22-91-29-34(88-89-91)25-42(56(102)87-51)84-57(103)44(30-112)78-49(95)27-67/h3-4,10-11,28-29,32,37-47,51,77,93,112-113H,5-9,12-27,30-31,67H2,1-2H3,(H2,68,94)(H,78,95)(H,79,104)(H,80,101)(H,81,105)(H,82,100)(H,83,98)(H,84,103)(H,85,106)(H,86,99)(H,87,102)(H,96,97)(H,109,110)(H4,69,70,74)(H4,71,72,75)(H3,73,76,111)/t32-,37+,38+,39+,40+,41+,42+,43+,44?,45+,46?,47-,51+/m1/s1. The summed E-state index contributed by atoms with van der Waals surface area (Å²) in [5, 5.41) is 87.9. The highest BCUT2D eigenvalue weighted by Gasteiger charge is 2.43. The molecule has 2 aliphatic rings. The number of thiol groups is 2. The number of nitrogens with two attached hydrogens (primary N) is 5. The summed E-state index contributed by atoms with van der Waals surface area (Å²) in [4.78, 5) is 228. The van der Waals surface area contributed by atoms with E-state index in [1.54, 1.807) is 24.3 Å². The highest BCUT2D eigenvalue weighted by atomic mass is 32.1. The van der Waals surface area contributed by atoms with Crippen LogP contribution in [-0.4, -0.2) is 282 Å². The first kappa shape index (κ1) is 92.0. The second kappa shape index (κ2) is 45.6. The monoisotopic (exact) mass is 1630 g/mol. The zero-order chi connectivity index (χ0) is 83.8. The Morgan fingerprint density at radius 2 is 1.26 bits per heavy atom. The number of aliphatic hydroxyl groups excluding tert-OH is 1. The average molecular weight is 1630 g/mol. The van der Waals surface area contributed by atoms with Crippen molar-refractivity contribution in [1.82, 2.24) is 98.9 Å².